The molecule has 2 aliphatic rings. The number of aromatic nitrogens is 1. The molecule has 0 saturated heterocycles. The van der Waals surface area contributed by atoms with Gasteiger partial charge in [0.2, 0.25) is 10.0 Å². The van der Waals surface area contributed by atoms with Gasteiger partial charge in [-0.3, -0.25) is 9.78 Å². The summed E-state index contributed by atoms with van der Waals surface area (Å²) in [6, 6.07) is 10.4. The maximum absolute atomic E-state index is 12.9. The minimum absolute atomic E-state index is 0.0621. The van der Waals surface area contributed by atoms with Crippen LogP contribution in [0.3, 0.4) is 0 Å². The molecule has 6 nitrogen and oxygen atoms in total. The van der Waals surface area contributed by atoms with Crippen molar-refractivity contribution in [2.75, 3.05) is 0 Å². The molecular weight excluding hydrogens is 350 g/mol. The van der Waals surface area contributed by atoms with E-state index in [1.54, 1.807) is 24.5 Å². The number of nitrogens with one attached hydrogen (secondary N) is 1. The van der Waals surface area contributed by atoms with Gasteiger partial charge >= 0.3 is 0 Å². The van der Waals surface area contributed by atoms with Crippen molar-refractivity contribution in [2.45, 2.75) is 49.2 Å². The number of sulfonamides is 1. The van der Waals surface area contributed by atoms with Crippen LogP contribution in [-0.4, -0.2) is 36.3 Å². The fourth-order valence-electron chi connectivity index (χ4n) is 2.87. The van der Waals surface area contributed by atoms with Gasteiger partial charge in [-0.2, -0.15) is 0 Å². The molecule has 4 rings (SSSR count). The predicted octanol–water partition coefficient (Wildman–Crippen LogP) is 2.33. The highest BCUT2D eigenvalue weighted by Crippen LogP contribution is 2.30. The summed E-state index contributed by atoms with van der Waals surface area (Å²) < 4.78 is 27.1. The van der Waals surface area contributed by atoms with E-state index >= 15 is 0 Å². The Morgan fingerprint density at radius 3 is 2.27 bits per heavy atom. The Kier molecular flexibility index (Phi) is 4.50. The van der Waals surface area contributed by atoms with Gasteiger partial charge in [-0.1, -0.05) is 0 Å². The molecule has 0 radical (unpaired) electrons. The van der Waals surface area contributed by atoms with Crippen molar-refractivity contribution < 1.29 is 13.2 Å². The molecule has 26 heavy (non-hydrogen) atoms. The van der Waals surface area contributed by atoms with E-state index in [4.69, 9.17) is 0 Å². The second-order valence-corrected chi connectivity index (χ2v) is 8.65. The lowest BCUT2D eigenvalue weighted by molar-refractivity contribution is 0.0730. The van der Waals surface area contributed by atoms with Gasteiger partial charge in [-0.25, -0.2) is 13.1 Å². The summed E-state index contributed by atoms with van der Waals surface area (Å²) in [6.45, 7) is 0.537. The van der Waals surface area contributed by atoms with Gasteiger partial charge in [0.15, 0.2) is 0 Å². The van der Waals surface area contributed by atoms with Crippen LogP contribution in [0, 0.1) is 0 Å². The van der Waals surface area contributed by atoms with Crippen LogP contribution in [0.5, 0.6) is 0 Å². The highest BCUT2D eigenvalue weighted by Gasteiger charge is 2.33. The van der Waals surface area contributed by atoms with E-state index in [0.29, 0.717) is 12.1 Å². The largest absolute Gasteiger partial charge is 0.331 e. The van der Waals surface area contributed by atoms with E-state index in [1.807, 2.05) is 17.0 Å². The smallest absolute Gasteiger partial charge is 0.254 e. The van der Waals surface area contributed by atoms with E-state index in [2.05, 4.69) is 9.71 Å². The quantitative estimate of drug-likeness (QED) is 0.810. The zero-order chi connectivity index (χ0) is 18.1. The zero-order valence-electron chi connectivity index (χ0n) is 14.3. The van der Waals surface area contributed by atoms with Gasteiger partial charge in [0.05, 0.1) is 4.90 Å². The molecular formula is C19H21N3O3S. The average molecular weight is 371 g/mol. The van der Waals surface area contributed by atoms with Crippen LogP contribution < -0.4 is 4.72 Å². The Labute approximate surface area is 153 Å². The summed E-state index contributed by atoms with van der Waals surface area (Å²) in [5, 5.41) is 0. The minimum atomic E-state index is -3.49. The molecule has 1 amide bonds. The third-order valence-electron chi connectivity index (χ3n) is 4.66. The van der Waals surface area contributed by atoms with Crippen LogP contribution in [0.1, 0.15) is 41.6 Å². The van der Waals surface area contributed by atoms with Gasteiger partial charge in [0.1, 0.15) is 0 Å². The summed E-state index contributed by atoms with van der Waals surface area (Å²) in [4.78, 5) is 19.0. The Bertz CT molecular complexity index is 889. The van der Waals surface area contributed by atoms with Gasteiger partial charge in [0, 0.05) is 36.6 Å². The molecule has 7 heteroatoms. The normalized spacial score (nSPS) is 17.1. The van der Waals surface area contributed by atoms with E-state index in [9.17, 15) is 13.2 Å². The Morgan fingerprint density at radius 2 is 1.69 bits per heavy atom. The van der Waals surface area contributed by atoms with Crippen LogP contribution in [0.15, 0.2) is 53.7 Å². The molecule has 1 N–H and O–H groups in total. The lowest BCUT2D eigenvalue weighted by atomic mass is 10.1. The Balaban J connectivity index is 1.51. The first-order valence-electron chi connectivity index (χ1n) is 8.85. The van der Waals surface area contributed by atoms with Gasteiger partial charge in [-0.05, 0) is 67.6 Å². The number of benzene rings is 1. The molecule has 0 atom stereocenters. The molecule has 0 spiro atoms. The van der Waals surface area contributed by atoms with Crippen molar-refractivity contribution in [1.82, 2.24) is 14.6 Å². The third kappa shape index (κ3) is 3.94. The predicted molar refractivity (Wildman–Crippen MR) is 96.9 cm³/mol. The number of pyridine rings is 1. The first kappa shape index (κ1) is 17.2. The zero-order valence-corrected chi connectivity index (χ0v) is 15.2. The lowest BCUT2D eigenvalue weighted by Gasteiger charge is -2.22. The highest BCUT2D eigenvalue weighted by atomic mass is 32.2. The van der Waals surface area contributed by atoms with Crippen molar-refractivity contribution in [2.24, 2.45) is 0 Å². The number of carbonyl (C=O) groups is 1. The maximum atomic E-state index is 12.9. The van der Waals surface area contributed by atoms with E-state index in [1.165, 1.54) is 12.1 Å². The maximum Gasteiger partial charge on any atom is 0.254 e. The Hall–Kier alpha value is -2.25. The molecule has 1 heterocycles. The summed E-state index contributed by atoms with van der Waals surface area (Å²) in [5.41, 5.74) is 1.55. The summed E-state index contributed by atoms with van der Waals surface area (Å²) in [5.74, 6) is -0.0663. The SMILES string of the molecule is O=C(c1ccc(S(=O)(=O)NC2CC2)cc1)N(Cc1ccncc1)C1CC1. The van der Waals surface area contributed by atoms with Crippen molar-refractivity contribution >= 4 is 15.9 Å². The molecule has 1 aromatic carbocycles. The molecule has 0 aliphatic heterocycles. The van der Waals surface area contributed by atoms with Crippen LogP contribution in [0.2, 0.25) is 0 Å². The number of carbonyl (C=O) groups excluding carboxylic acids is 1. The van der Waals surface area contributed by atoms with Crippen molar-refractivity contribution in [1.29, 1.82) is 0 Å². The summed E-state index contributed by atoms with van der Waals surface area (Å²) in [6.07, 6.45) is 7.24. The topological polar surface area (TPSA) is 79.4 Å². The van der Waals surface area contributed by atoms with Gasteiger partial charge < -0.3 is 4.90 Å². The van der Waals surface area contributed by atoms with Crippen molar-refractivity contribution in [3.63, 3.8) is 0 Å². The fraction of sp³-hybridized carbons (Fsp3) is 0.368. The standard InChI is InChI=1S/C19H21N3O3S/c23-19(22(17-5-6-17)13-14-9-11-20-12-10-14)15-1-7-18(8-2-15)26(24,25)21-16-3-4-16/h1-2,7-12,16-17,21H,3-6,13H2. The van der Waals surface area contributed by atoms with Crippen LogP contribution in [0.25, 0.3) is 0 Å². The third-order valence-corrected chi connectivity index (χ3v) is 6.20. The molecule has 2 aliphatic carbocycles. The molecule has 136 valence electrons. The fourth-order valence-corrected chi connectivity index (χ4v) is 4.17. The highest BCUT2D eigenvalue weighted by molar-refractivity contribution is 7.89. The van der Waals surface area contributed by atoms with E-state index < -0.39 is 10.0 Å². The minimum Gasteiger partial charge on any atom is -0.331 e. The lowest BCUT2D eigenvalue weighted by Crippen LogP contribution is -2.32. The molecule has 2 saturated carbocycles. The first-order valence-corrected chi connectivity index (χ1v) is 10.3. The summed E-state index contributed by atoms with van der Waals surface area (Å²) >= 11 is 0. The molecule has 0 unspecified atom stereocenters. The van der Waals surface area contributed by atoms with Crippen molar-refractivity contribution in [3.05, 3.63) is 59.9 Å². The van der Waals surface area contributed by atoms with Crippen LogP contribution >= 0.6 is 0 Å². The number of nitrogens with zero attached hydrogens (tertiary/aromatic N) is 2. The van der Waals surface area contributed by atoms with Gasteiger partial charge in [0.25, 0.3) is 5.91 Å². The summed E-state index contributed by atoms with van der Waals surface area (Å²) in [7, 11) is -3.49. The molecule has 2 fully saturated rings. The molecule has 2 aromatic rings. The number of hydrogen-bond acceptors (Lipinski definition) is 4. The van der Waals surface area contributed by atoms with E-state index in [-0.39, 0.29) is 22.9 Å². The monoisotopic (exact) mass is 371 g/mol. The Morgan fingerprint density at radius 1 is 1.04 bits per heavy atom. The number of rotatable bonds is 7. The molecule has 0 bridgehead atoms. The van der Waals surface area contributed by atoms with E-state index in [0.717, 1.165) is 31.2 Å². The second-order valence-electron chi connectivity index (χ2n) is 6.94. The van der Waals surface area contributed by atoms with Crippen LogP contribution in [-0.2, 0) is 16.6 Å². The van der Waals surface area contributed by atoms with Gasteiger partial charge in [-0.15, -0.1) is 0 Å². The first-order chi connectivity index (χ1) is 12.5. The number of hydrogen-bond donors (Lipinski definition) is 1. The molecule has 1 aromatic heterocycles. The average Bonchev–Trinajstić information content (AvgIpc) is 3.55. The van der Waals surface area contributed by atoms with Crippen molar-refractivity contribution in [3.8, 4) is 0 Å². The van der Waals surface area contributed by atoms with Crippen LogP contribution in [0.4, 0.5) is 0 Å². The second kappa shape index (κ2) is 6.81. The number of amides is 1.